The van der Waals surface area contributed by atoms with Gasteiger partial charge in [0.2, 0.25) is 6.17 Å². The van der Waals surface area contributed by atoms with E-state index in [1.54, 1.807) is 0 Å². The number of fused-ring (bicyclic) bond motifs is 1. The Kier molecular flexibility index (Phi) is 3.95. The number of hydrogen-bond donors (Lipinski definition) is 6. The molecule has 18 heavy (non-hydrogen) atoms. The van der Waals surface area contributed by atoms with E-state index < -0.39 is 0 Å². The van der Waals surface area contributed by atoms with Crippen LogP contribution < -0.4 is 20.9 Å². The molecule has 0 spiro atoms. The van der Waals surface area contributed by atoms with Gasteiger partial charge in [0, 0.05) is 12.5 Å². The molecule has 0 radical (unpaired) electrons. The van der Waals surface area contributed by atoms with Crippen LogP contribution in [0.15, 0.2) is 12.3 Å². The summed E-state index contributed by atoms with van der Waals surface area (Å²) in [4.78, 5) is 15.8. The lowest BCUT2D eigenvalue weighted by atomic mass is 10.0. The molecule has 4 unspecified atom stereocenters. The molecule has 0 bridgehead atoms. The third kappa shape index (κ3) is 2.53. The SMILES string of the molecule is NC1=[NH+]C2C(C=C[NH+]2CC(CO)CCO)C(=O)N1. The van der Waals surface area contributed by atoms with Gasteiger partial charge in [0.1, 0.15) is 0 Å². The fraction of sp³-hybridized carbons (Fsp3) is 0.636. The predicted octanol–water partition coefficient (Wildman–Crippen LogP) is -5.14. The third-order valence-corrected chi connectivity index (χ3v) is 3.47. The Morgan fingerprint density at radius 3 is 3.00 bits per heavy atom. The molecule has 0 aliphatic carbocycles. The van der Waals surface area contributed by atoms with E-state index in [-0.39, 0.29) is 43.1 Å². The van der Waals surface area contributed by atoms with Crippen molar-refractivity contribution in [2.45, 2.75) is 12.6 Å². The molecule has 0 saturated heterocycles. The largest absolute Gasteiger partial charge is 0.396 e. The van der Waals surface area contributed by atoms with Gasteiger partial charge in [0.15, 0.2) is 5.92 Å². The fourth-order valence-corrected chi connectivity index (χ4v) is 2.48. The highest BCUT2D eigenvalue weighted by atomic mass is 16.3. The van der Waals surface area contributed by atoms with Crippen molar-refractivity contribution in [3.8, 4) is 0 Å². The van der Waals surface area contributed by atoms with Crippen molar-refractivity contribution < 1.29 is 24.9 Å². The van der Waals surface area contributed by atoms with Gasteiger partial charge in [-0.25, -0.2) is 10.3 Å². The van der Waals surface area contributed by atoms with Gasteiger partial charge in [-0.3, -0.25) is 15.4 Å². The summed E-state index contributed by atoms with van der Waals surface area (Å²) in [6, 6.07) is 0. The number of aliphatic hydroxyl groups excluding tert-OH is 2. The number of guanidine groups is 1. The minimum atomic E-state index is -0.235. The van der Waals surface area contributed by atoms with Gasteiger partial charge in [-0.2, -0.15) is 0 Å². The van der Waals surface area contributed by atoms with E-state index in [9.17, 15) is 9.90 Å². The van der Waals surface area contributed by atoms with E-state index in [0.717, 1.165) is 4.90 Å². The maximum atomic E-state index is 11.7. The zero-order chi connectivity index (χ0) is 13.1. The Morgan fingerprint density at radius 1 is 1.56 bits per heavy atom. The maximum Gasteiger partial charge on any atom is 0.353 e. The minimum absolute atomic E-state index is 0.0152. The molecule has 7 heteroatoms. The van der Waals surface area contributed by atoms with E-state index >= 15 is 0 Å². The van der Waals surface area contributed by atoms with Crippen molar-refractivity contribution in [2.24, 2.45) is 17.6 Å². The van der Waals surface area contributed by atoms with Crippen LogP contribution in [0.3, 0.4) is 0 Å². The number of amides is 1. The molecule has 0 fully saturated rings. The summed E-state index contributed by atoms with van der Waals surface area (Å²) < 4.78 is 0. The summed E-state index contributed by atoms with van der Waals surface area (Å²) in [5, 5.41) is 20.7. The smallest absolute Gasteiger partial charge is 0.353 e. The summed E-state index contributed by atoms with van der Waals surface area (Å²) in [5.74, 6) is -0.0578. The van der Waals surface area contributed by atoms with Crippen LogP contribution >= 0.6 is 0 Å². The van der Waals surface area contributed by atoms with Crippen molar-refractivity contribution in [1.29, 1.82) is 0 Å². The van der Waals surface area contributed by atoms with E-state index in [0.29, 0.717) is 13.0 Å². The lowest BCUT2D eigenvalue weighted by molar-refractivity contribution is -0.967. The Bertz CT molecular complexity index is 382. The van der Waals surface area contributed by atoms with Crippen LogP contribution in [-0.2, 0) is 4.79 Å². The van der Waals surface area contributed by atoms with Crippen molar-refractivity contribution in [3.63, 3.8) is 0 Å². The molecule has 0 aromatic rings. The highest BCUT2D eigenvalue weighted by Gasteiger charge is 2.45. The van der Waals surface area contributed by atoms with Gasteiger partial charge in [0.25, 0.3) is 5.91 Å². The standard InChI is InChI=1S/C11H18N4O3/c12-11-13-9-8(10(18)14-11)1-3-15(9)5-7(6-17)2-4-16/h1,3,7-9,16-17H,2,4-6H2,(H3,12,13,14,18)/p+2. The first kappa shape index (κ1) is 13.0. The van der Waals surface area contributed by atoms with Crippen LogP contribution in [0.4, 0.5) is 0 Å². The highest BCUT2D eigenvalue weighted by molar-refractivity contribution is 5.96. The van der Waals surface area contributed by atoms with Crippen molar-refractivity contribution in [3.05, 3.63) is 12.3 Å². The molecule has 4 atom stereocenters. The zero-order valence-corrected chi connectivity index (χ0v) is 10.1. The van der Waals surface area contributed by atoms with Crippen molar-refractivity contribution >= 4 is 11.9 Å². The third-order valence-electron chi connectivity index (χ3n) is 3.47. The second kappa shape index (κ2) is 5.47. The Balaban J connectivity index is 2.05. The molecule has 2 aliphatic rings. The predicted molar refractivity (Wildman–Crippen MR) is 62.8 cm³/mol. The van der Waals surface area contributed by atoms with Crippen LogP contribution in [0.25, 0.3) is 0 Å². The number of carbonyl (C=O) groups excluding carboxylic acids is 1. The summed E-state index contributed by atoms with van der Waals surface area (Å²) >= 11 is 0. The lowest BCUT2D eigenvalue weighted by Crippen LogP contribution is -3.23. The topological polar surface area (TPSA) is 114 Å². The molecule has 0 aromatic carbocycles. The number of quaternary nitrogens is 1. The maximum absolute atomic E-state index is 11.7. The summed E-state index contributed by atoms with van der Waals surface area (Å²) in [5.41, 5.74) is 5.61. The summed E-state index contributed by atoms with van der Waals surface area (Å²) in [6.07, 6.45) is 4.20. The van der Waals surface area contributed by atoms with Gasteiger partial charge in [-0.05, 0) is 12.5 Å². The molecule has 0 aromatic heterocycles. The van der Waals surface area contributed by atoms with E-state index in [2.05, 4.69) is 10.3 Å². The van der Waals surface area contributed by atoms with Crippen molar-refractivity contribution in [1.82, 2.24) is 5.32 Å². The lowest BCUT2D eigenvalue weighted by Gasteiger charge is -2.24. The first-order valence-electron chi connectivity index (χ1n) is 6.11. The van der Waals surface area contributed by atoms with Crippen LogP contribution in [0.5, 0.6) is 0 Å². The number of aliphatic hydroxyl groups is 2. The number of nitrogens with one attached hydrogen (secondary N) is 3. The number of carbonyl (C=O) groups is 1. The number of hydrogen-bond acceptors (Lipinski definition) is 4. The van der Waals surface area contributed by atoms with Crippen LogP contribution in [0.2, 0.25) is 0 Å². The van der Waals surface area contributed by atoms with Gasteiger partial charge >= 0.3 is 5.96 Å². The first-order valence-corrected chi connectivity index (χ1v) is 6.11. The fourth-order valence-electron chi connectivity index (χ4n) is 2.48. The molecule has 100 valence electrons. The molecule has 2 rings (SSSR count). The number of rotatable bonds is 5. The van der Waals surface area contributed by atoms with Crippen molar-refractivity contribution in [2.75, 3.05) is 19.8 Å². The Morgan fingerprint density at radius 2 is 2.33 bits per heavy atom. The van der Waals surface area contributed by atoms with E-state index in [1.165, 1.54) is 0 Å². The monoisotopic (exact) mass is 256 g/mol. The Labute approximate surface area is 105 Å². The second-order valence-corrected chi connectivity index (χ2v) is 4.75. The van der Waals surface area contributed by atoms with E-state index in [4.69, 9.17) is 10.8 Å². The molecular formula is C11H20N4O3+2. The quantitative estimate of drug-likeness (QED) is 0.295. The Hall–Kier alpha value is -1.44. The second-order valence-electron chi connectivity index (χ2n) is 4.75. The van der Waals surface area contributed by atoms with Gasteiger partial charge < -0.3 is 10.2 Å². The van der Waals surface area contributed by atoms with Gasteiger partial charge in [0.05, 0.1) is 19.4 Å². The molecule has 1 amide bonds. The van der Waals surface area contributed by atoms with Gasteiger partial charge in [-0.15, -0.1) is 0 Å². The highest BCUT2D eigenvalue weighted by Crippen LogP contribution is 2.06. The summed E-state index contributed by atoms with van der Waals surface area (Å²) in [6.45, 7) is 0.738. The minimum Gasteiger partial charge on any atom is -0.396 e. The average Bonchev–Trinajstić information content (AvgIpc) is 2.72. The molecular weight excluding hydrogens is 236 g/mol. The van der Waals surface area contributed by atoms with Crippen LogP contribution in [0.1, 0.15) is 6.42 Å². The zero-order valence-electron chi connectivity index (χ0n) is 10.1. The van der Waals surface area contributed by atoms with E-state index in [1.807, 2.05) is 12.3 Å². The number of nitrogens with two attached hydrogens (primary N) is 1. The molecule has 2 heterocycles. The molecule has 2 aliphatic heterocycles. The molecule has 7 N–H and O–H groups in total. The average molecular weight is 256 g/mol. The first-order chi connectivity index (χ1) is 8.65. The summed E-state index contributed by atoms with van der Waals surface area (Å²) in [7, 11) is 0. The molecule has 7 nitrogen and oxygen atoms in total. The normalized spacial score (nSPS) is 31.8. The van der Waals surface area contributed by atoms with Crippen LogP contribution in [0, 0.1) is 11.8 Å². The van der Waals surface area contributed by atoms with Crippen LogP contribution in [-0.4, -0.2) is 48.0 Å². The molecule has 0 saturated carbocycles. The van der Waals surface area contributed by atoms with Gasteiger partial charge in [-0.1, -0.05) is 0 Å².